The van der Waals surface area contributed by atoms with Crippen LogP contribution in [-0.2, 0) is 11.3 Å². The van der Waals surface area contributed by atoms with Gasteiger partial charge in [0.2, 0.25) is 0 Å². The van der Waals surface area contributed by atoms with E-state index in [0.717, 1.165) is 0 Å². The monoisotopic (exact) mass is 300 g/mol. The number of carbonyl (C=O) groups excluding carboxylic acids is 1. The Bertz CT molecular complexity index is 436. The molecule has 0 radical (unpaired) electrons. The van der Waals surface area contributed by atoms with E-state index in [1.807, 2.05) is 6.92 Å². The van der Waals surface area contributed by atoms with Crippen molar-refractivity contribution in [3.63, 3.8) is 0 Å². The summed E-state index contributed by atoms with van der Waals surface area (Å²) in [6, 6.07) is 3.68. The molecule has 1 heterocycles. The van der Waals surface area contributed by atoms with Crippen LogP contribution < -0.4 is 5.32 Å². The highest BCUT2D eigenvalue weighted by Crippen LogP contribution is 2.21. The van der Waals surface area contributed by atoms with Gasteiger partial charge in [0.1, 0.15) is 11.3 Å². The molecule has 17 heavy (non-hydrogen) atoms. The Labute approximate surface area is 108 Å². The molecule has 5 nitrogen and oxygen atoms in total. The van der Waals surface area contributed by atoms with Crippen LogP contribution in [0.2, 0.25) is 0 Å². The van der Waals surface area contributed by atoms with Crippen molar-refractivity contribution in [1.82, 2.24) is 5.32 Å². The van der Waals surface area contributed by atoms with Gasteiger partial charge in [-0.15, -0.1) is 0 Å². The second-order valence-corrected chi connectivity index (χ2v) is 4.32. The zero-order valence-electron chi connectivity index (χ0n) is 9.62. The van der Waals surface area contributed by atoms with Gasteiger partial charge in [-0.3, -0.25) is 0 Å². The maximum absolute atomic E-state index is 11.4. The van der Waals surface area contributed by atoms with E-state index in [1.54, 1.807) is 6.07 Å². The molecule has 0 aliphatic heterocycles. The average molecular weight is 301 g/mol. The second-order valence-electron chi connectivity index (χ2n) is 3.54. The number of nitriles is 1. The highest BCUT2D eigenvalue weighted by Gasteiger charge is 2.17. The molecule has 1 atom stereocenters. The van der Waals surface area contributed by atoms with Crippen LogP contribution in [-0.4, -0.2) is 19.6 Å². The highest BCUT2D eigenvalue weighted by atomic mass is 79.9. The Morgan fingerprint density at radius 3 is 3.06 bits per heavy atom. The summed E-state index contributed by atoms with van der Waals surface area (Å²) in [4.78, 5) is 11.4. The predicted octanol–water partition coefficient (Wildman–Crippen LogP) is 2.08. The number of rotatable bonds is 5. The topological polar surface area (TPSA) is 75.3 Å². The van der Waals surface area contributed by atoms with Crippen LogP contribution >= 0.6 is 15.9 Å². The zero-order chi connectivity index (χ0) is 12.8. The number of nitrogens with one attached hydrogen (secondary N) is 1. The van der Waals surface area contributed by atoms with E-state index in [9.17, 15) is 4.79 Å². The predicted molar refractivity (Wildman–Crippen MR) is 64.2 cm³/mol. The van der Waals surface area contributed by atoms with Crippen LogP contribution in [0.25, 0.3) is 0 Å². The van der Waals surface area contributed by atoms with Gasteiger partial charge in [-0.05, 0) is 22.9 Å². The van der Waals surface area contributed by atoms with Gasteiger partial charge in [-0.1, -0.05) is 0 Å². The van der Waals surface area contributed by atoms with Crippen LogP contribution in [0.5, 0.6) is 0 Å². The molecule has 92 valence electrons. The summed E-state index contributed by atoms with van der Waals surface area (Å²) in [5, 5.41) is 11.7. The van der Waals surface area contributed by atoms with Crippen LogP contribution in [0.4, 0.5) is 0 Å². The summed E-state index contributed by atoms with van der Waals surface area (Å²) >= 11 is 3.16. The number of hydrogen-bond acceptors (Lipinski definition) is 5. The molecule has 1 aromatic heterocycles. The highest BCUT2D eigenvalue weighted by molar-refractivity contribution is 9.10. The minimum atomic E-state index is -0.440. The van der Waals surface area contributed by atoms with Crippen LogP contribution in [0.1, 0.15) is 23.0 Å². The van der Waals surface area contributed by atoms with Crippen molar-refractivity contribution in [3.8, 4) is 6.07 Å². The number of carbonyl (C=O) groups is 1. The standard InChI is InChI=1S/C11H13BrN2O3/c1-7(4-13)5-14-6-9-8(11(15)16-2)3-10(12)17-9/h3,7,14H,5-6H2,1-2H3. The summed E-state index contributed by atoms with van der Waals surface area (Å²) in [6.45, 7) is 2.73. The van der Waals surface area contributed by atoms with Gasteiger partial charge in [-0.2, -0.15) is 5.26 Å². The van der Waals surface area contributed by atoms with E-state index in [0.29, 0.717) is 29.1 Å². The number of ether oxygens (including phenoxy) is 1. The Morgan fingerprint density at radius 2 is 2.47 bits per heavy atom. The smallest absolute Gasteiger partial charge is 0.341 e. The number of furan rings is 1. The van der Waals surface area contributed by atoms with E-state index in [-0.39, 0.29) is 5.92 Å². The van der Waals surface area contributed by atoms with E-state index < -0.39 is 5.97 Å². The molecule has 1 aromatic rings. The van der Waals surface area contributed by atoms with Gasteiger partial charge in [0.15, 0.2) is 4.67 Å². The molecule has 1 rings (SSSR count). The normalized spacial score (nSPS) is 11.9. The molecule has 0 fully saturated rings. The molecule has 1 N–H and O–H groups in total. The minimum absolute atomic E-state index is 0.0880. The number of halogens is 1. The molecule has 1 unspecified atom stereocenters. The fourth-order valence-electron chi connectivity index (χ4n) is 1.26. The fourth-order valence-corrected chi connectivity index (χ4v) is 1.68. The summed E-state index contributed by atoms with van der Waals surface area (Å²) in [6.07, 6.45) is 0. The number of nitrogens with zero attached hydrogens (tertiary/aromatic N) is 1. The Kier molecular flexibility index (Phi) is 5.19. The molecule has 0 spiro atoms. The molecule has 0 saturated heterocycles. The van der Waals surface area contributed by atoms with Crippen molar-refractivity contribution in [2.45, 2.75) is 13.5 Å². The van der Waals surface area contributed by atoms with Crippen molar-refractivity contribution < 1.29 is 13.9 Å². The Hall–Kier alpha value is -1.32. The van der Waals surface area contributed by atoms with Crippen LogP contribution in [0.3, 0.4) is 0 Å². The van der Waals surface area contributed by atoms with Crippen molar-refractivity contribution in [1.29, 1.82) is 5.26 Å². The molecule has 0 aliphatic rings. The van der Waals surface area contributed by atoms with E-state index in [1.165, 1.54) is 7.11 Å². The first-order valence-corrected chi connectivity index (χ1v) is 5.84. The molecular weight excluding hydrogens is 288 g/mol. The first kappa shape index (κ1) is 13.7. The molecule has 0 saturated carbocycles. The van der Waals surface area contributed by atoms with Crippen molar-refractivity contribution in [2.24, 2.45) is 5.92 Å². The summed E-state index contributed by atoms with van der Waals surface area (Å²) in [5.41, 5.74) is 0.386. The maximum Gasteiger partial charge on any atom is 0.341 e. The van der Waals surface area contributed by atoms with Gasteiger partial charge in [-0.25, -0.2) is 4.79 Å². The van der Waals surface area contributed by atoms with Gasteiger partial charge >= 0.3 is 5.97 Å². The number of methoxy groups -OCH3 is 1. The Balaban J connectivity index is 2.65. The first-order chi connectivity index (χ1) is 8.08. The largest absolute Gasteiger partial charge is 0.465 e. The van der Waals surface area contributed by atoms with Gasteiger partial charge in [0, 0.05) is 12.6 Å². The Morgan fingerprint density at radius 1 is 1.76 bits per heavy atom. The van der Waals surface area contributed by atoms with Gasteiger partial charge in [0.05, 0.1) is 25.6 Å². The van der Waals surface area contributed by atoms with Crippen molar-refractivity contribution >= 4 is 21.9 Å². The average Bonchev–Trinajstić information content (AvgIpc) is 2.69. The maximum atomic E-state index is 11.4. The second kappa shape index (κ2) is 6.42. The first-order valence-electron chi connectivity index (χ1n) is 5.05. The molecule has 0 bridgehead atoms. The third-order valence-electron chi connectivity index (χ3n) is 2.14. The van der Waals surface area contributed by atoms with E-state index >= 15 is 0 Å². The van der Waals surface area contributed by atoms with Gasteiger partial charge < -0.3 is 14.5 Å². The zero-order valence-corrected chi connectivity index (χ0v) is 11.2. The van der Waals surface area contributed by atoms with Crippen LogP contribution in [0.15, 0.2) is 15.2 Å². The summed E-state index contributed by atoms with van der Waals surface area (Å²) in [7, 11) is 1.32. The lowest BCUT2D eigenvalue weighted by Gasteiger charge is -2.05. The van der Waals surface area contributed by atoms with E-state index in [2.05, 4.69) is 32.1 Å². The lowest BCUT2D eigenvalue weighted by atomic mass is 10.2. The quantitative estimate of drug-likeness (QED) is 0.843. The number of hydrogen-bond donors (Lipinski definition) is 1. The van der Waals surface area contributed by atoms with Crippen LogP contribution in [0, 0.1) is 17.2 Å². The molecule has 0 aromatic carbocycles. The van der Waals surface area contributed by atoms with Gasteiger partial charge in [0.25, 0.3) is 0 Å². The number of esters is 1. The van der Waals surface area contributed by atoms with E-state index in [4.69, 9.17) is 9.68 Å². The molecule has 0 aliphatic carbocycles. The van der Waals surface area contributed by atoms with Crippen molar-refractivity contribution in [2.75, 3.05) is 13.7 Å². The third kappa shape index (κ3) is 3.88. The molecular formula is C11H13BrN2O3. The summed E-state index contributed by atoms with van der Waals surface area (Å²) in [5.74, 6) is -0.0339. The molecule has 6 heteroatoms. The molecule has 0 amide bonds. The van der Waals surface area contributed by atoms with Crippen molar-refractivity contribution in [3.05, 3.63) is 22.1 Å². The lowest BCUT2D eigenvalue weighted by molar-refractivity contribution is 0.0598. The lowest BCUT2D eigenvalue weighted by Crippen LogP contribution is -2.20. The SMILES string of the molecule is COC(=O)c1cc(Br)oc1CNCC(C)C#N. The minimum Gasteiger partial charge on any atom is -0.465 e. The fraction of sp³-hybridized carbons (Fsp3) is 0.455. The summed E-state index contributed by atoms with van der Waals surface area (Å²) < 4.78 is 10.4. The third-order valence-corrected chi connectivity index (χ3v) is 2.53.